The summed E-state index contributed by atoms with van der Waals surface area (Å²) in [5.41, 5.74) is 1.98. The normalized spacial score (nSPS) is 42.5. The molecule has 1 saturated heterocycles. The molecule has 7 nitrogen and oxygen atoms in total. The van der Waals surface area contributed by atoms with Crippen LogP contribution in [0.15, 0.2) is 0 Å². The van der Waals surface area contributed by atoms with Crippen molar-refractivity contribution < 1.29 is 30.1 Å². The van der Waals surface area contributed by atoms with Crippen molar-refractivity contribution in [3.8, 4) is 0 Å². The summed E-state index contributed by atoms with van der Waals surface area (Å²) in [6.07, 6.45) is -5.03. The standard InChI is InChI=1S/C6H13NO6/c8-1-4-6(11)5(10)3(9)2-12-7-13-4/h3-11H,1-2H2/t3-,4-,5+,6-/m1/s1. The smallest absolute Gasteiger partial charge is 0.133 e. The van der Waals surface area contributed by atoms with Gasteiger partial charge in [0, 0.05) is 0 Å². The van der Waals surface area contributed by atoms with Crippen LogP contribution in [0.4, 0.5) is 0 Å². The summed E-state index contributed by atoms with van der Waals surface area (Å²) < 4.78 is 0. The molecule has 0 aromatic carbocycles. The molecule has 0 aliphatic carbocycles. The maximum atomic E-state index is 9.32. The lowest BCUT2D eigenvalue weighted by Crippen LogP contribution is -2.52. The monoisotopic (exact) mass is 195 g/mol. The van der Waals surface area contributed by atoms with Gasteiger partial charge in [-0.25, -0.2) is 0 Å². The molecule has 0 radical (unpaired) electrons. The first-order valence-electron chi connectivity index (χ1n) is 3.84. The van der Waals surface area contributed by atoms with E-state index >= 15 is 0 Å². The van der Waals surface area contributed by atoms with Gasteiger partial charge in [0.2, 0.25) is 0 Å². The van der Waals surface area contributed by atoms with Gasteiger partial charge in [-0.3, -0.25) is 9.68 Å². The Morgan fingerprint density at radius 3 is 2.54 bits per heavy atom. The highest BCUT2D eigenvalue weighted by Gasteiger charge is 2.34. The average molecular weight is 195 g/mol. The molecule has 0 spiro atoms. The minimum absolute atomic E-state index is 0.212. The Balaban J connectivity index is 2.58. The van der Waals surface area contributed by atoms with Gasteiger partial charge < -0.3 is 20.4 Å². The van der Waals surface area contributed by atoms with Gasteiger partial charge in [-0.05, 0) is 0 Å². The number of hydrogen-bond donors (Lipinski definition) is 5. The van der Waals surface area contributed by atoms with Crippen LogP contribution in [0.1, 0.15) is 0 Å². The zero-order valence-corrected chi connectivity index (χ0v) is 6.83. The first-order chi connectivity index (χ1) is 6.16. The molecule has 0 saturated carbocycles. The summed E-state index contributed by atoms with van der Waals surface area (Å²) in [6.45, 7) is -0.711. The van der Waals surface area contributed by atoms with Gasteiger partial charge in [0.1, 0.15) is 24.4 Å². The van der Waals surface area contributed by atoms with E-state index in [0.717, 1.165) is 0 Å². The van der Waals surface area contributed by atoms with Crippen LogP contribution in [0.5, 0.6) is 0 Å². The van der Waals surface area contributed by atoms with E-state index in [-0.39, 0.29) is 6.61 Å². The molecule has 1 rings (SSSR count). The quantitative estimate of drug-likeness (QED) is 0.301. The van der Waals surface area contributed by atoms with Gasteiger partial charge in [-0.2, -0.15) is 0 Å². The van der Waals surface area contributed by atoms with Crippen LogP contribution in [-0.4, -0.2) is 58.1 Å². The van der Waals surface area contributed by atoms with Crippen LogP contribution in [0, 0.1) is 0 Å². The van der Waals surface area contributed by atoms with Crippen molar-refractivity contribution in [2.45, 2.75) is 24.4 Å². The molecule has 0 unspecified atom stereocenters. The third-order valence-corrected chi connectivity index (χ3v) is 1.82. The summed E-state index contributed by atoms with van der Waals surface area (Å²) in [4.78, 5) is 9.15. The van der Waals surface area contributed by atoms with Crippen LogP contribution in [0.25, 0.3) is 0 Å². The Morgan fingerprint density at radius 1 is 1.23 bits per heavy atom. The molecular weight excluding hydrogens is 182 g/mol. The predicted octanol–water partition coefficient (Wildman–Crippen LogP) is -3.10. The minimum Gasteiger partial charge on any atom is -0.393 e. The van der Waals surface area contributed by atoms with Crippen molar-refractivity contribution in [2.75, 3.05) is 13.2 Å². The van der Waals surface area contributed by atoms with Crippen LogP contribution in [0.3, 0.4) is 0 Å². The summed E-state index contributed by atoms with van der Waals surface area (Å²) >= 11 is 0. The van der Waals surface area contributed by atoms with E-state index in [1.165, 1.54) is 0 Å². The first-order valence-corrected chi connectivity index (χ1v) is 3.84. The van der Waals surface area contributed by atoms with Crippen molar-refractivity contribution in [1.29, 1.82) is 0 Å². The second-order valence-corrected chi connectivity index (χ2v) is 2.78. The van der Waals surface area contributed by atoms with E-state index in [0.29, 0.717) is 0 Å². The molecule has 13 heavy (non-hydrogen) atoms. The van der Waals surface area contributed by atoms with Crippen molar-refractivity contribution >= 4 is 0 Å². The van der Waals surface area contributed by atoms with Crippen molar-refractivity contribution in [3.05, 3.63) is 0 Å². The van der Waals surface area contributed by atoms with Crippen molar-refractivity contribution in [2.24, 2.45) is 0 Å². The Labute approximate surface area is 74.4 Å². The Hall–Kier alpha value is -0.280. The first kappa shape index (κ1) is 10.8. The lowest BCUT2D eigenvalue weighted by Gasteiger charge is -2.30. The SMILES string of the molecule is OC[C@H]1ONOC[C@@H](O)[C@H](O)[C@@H]1O. The molecule has 1 aliphatic rings. The van der Waals surface area contributed by atoms with E-state index < -0.39 is 31.0 Å². The molecule has 0 bridgehead atoms. The highest BCUT2D eigenvalue weighted by atomic mass is 16.9. The Kier molecular flexibility index (Phi) is 4.00. The summed E-state index contributed by atoms with van der Waals surface area (Å²) in [7, 11) is 0. The Morgan fingerprint density at radius 2 is 1.92 bits per heavy atom. The highest BCUT2D eigenvalue weighted by Crippen LogP contribution is 2.09. The highest BCUT2D eigenvalue weighted by molar-refractivity contribution is 4.81. The van der Waals surface area contributed by atoms with E-state index in [4.69, 9.17) is 10.2 Å². The third kappa shape index (κ3) is 2.58. The Bertz CT molecular complexity index is 154. The lowest BCUT2D eigenvalue weighted by molar-refractivity contribution is -0.271. The van der Waals surface area contributed by atoms with Gasteiger partial charge in [0.05, 0.1) is 13.2 Å². The molecule has 0 aromatic rings. The topological polar surface area (TPSA) is 111 Å². The minimum atomic E-state index is -1.40. The lowest BCUT2D eigenvalue weighted by atomic mass is 10.0. The molecule has 1 aliphatic heterocycles. The maximum Gasteiger partial charge on any atom is 0.133 e. The van der Waals surface area contributed by atoms with Gasteiger partial charge >= 0.3 is 0 Å². The van der Waals surface area contributed by atoms with Crippen molar-refractivity contribution in [1.82, 2.24) is 5.64 Å². The van der Waals surface area contributed by atoms with Crippen LogP contribution >= 0.6 is 0 Å². The van der Waals surface area contributed by atoms with E-state index in [1.54, 1.807) is 0 Å². The van der Waals surface area contributed by atoms with E-state index in [2.05, 4.69) is 9.68 Å². The van der Waals surface area contributed by atoms with Gasteiger partial charge in [0.25, 0.3) is 0 Å². The fraction of sp³-hybridized carbons (Fsp3) is 1.00. The average Bonchev–Trinajstić information content (AvgIpc) is 2.14. The van der Waals surface area contributed by atoms with Crippen LogP contribution in [-0.2, 0) is 9.68 Å². The molecular formula is C6H13NO6. The molecule has 4 atom stereocenters. The number of hydrogen-bond acceptors (Lipinski definition) is 7. The number of rotatable bonds is 1. The molecule has 0 aromatic heterocycles. The summed E-state index contributed by atoms with van der Waals surface area (Å²) in [5, 5.41) is 36.4. The van der Waals surface area contributed by atoms with Crippen molar-refractivity contribution in [3.63, 3.8) is 0 Å². The maximum absolute atomic E-state index is 9.32. The molecule has 0 amide bonds. The zero-order chi connectivity index (χ0) is 9.84. The molecule has 5 N–H and O–H groups in total. The number of aliphatic hydroxyl groups is 4. The third-order valence-electron chi connectivity index (χ3n) is 1.82. The predicted molar refractivity (Wildman–Crippen MR) is 39.1 cm³/mol. The fourth-order valence-electron chi connectivity index (χ4n) is 0.976. The molecule has 1 fully saturated rings. The molecule has 78 valence electrons. The number of aliphatic hydroxyl groups excluding tert-OH is 4. The fourth-order valence-corrected chi connectivity index (χ4v) is 0.976. The van der Waals surface area contributed by atoms with E-state index in [1.807, 2.05) is 5.64 Å². The van der Waals surface area contributed by atoms with Gasteiger partial charge in [0.15, 0.2) is 0 Å². The van der Waals surface area contributed by atoms with E-state index in [9.17, 15) is 10.2 Å². The largest absolute Gasteiger partial charge is 0.393 e. The second-order valence-electron chi connectivity index (χ2n) is 2.78. The zero-order valence-electron chi connectivity index (χ0n) is 6.83. The number of nitrogens with one attached hydrogen (secondary N) is 1. The summed E-state index contributed by atoms with van der Waals surface area (Å²) in [6, 6.07) is 0. The van der Waals surface area contributed by atoms with Gasteiger partial charge in [-0.1, -0.05) is 5.64 Å². The van der Waals surface area contributed by atoms with Crippen LogP contribution < -0.4 is 5.64 Å². The van der Waals surface area contributed by atoms with Gasteiger partial charge in [-0.15, -0.1) is 0 Å². The molecule has 7 heteroatoms. The molecule has 1 heterocycles. The summed E-state index contributed by atoms with van der Waals surface area (Å²) in [5.74, 6) is 0. The second kappa shape index (κ2) is 4.82. The van der Waals surface area contributed by atoms with Crippen LogP contribution in [0.2, 0.25) is 0 Å².